The number of hydrogen-bond donors (Lipinski definition) is 1. The summed E-state index contributed by atoms with van der Waals surface area (Å²) in [5.74, 6) is 2.54. The van der Waals surface area contributed by atoms with E-state index in [4.69, 9.17) is 9.72 Å². The van der Waals surface area contributed by atoms with Crippen molar-refractivity contribution in [2.24, 2.45) is 0 Å². The van der Waals surface area contributed by atoms with Crippen molar-refractivity contribution in [1.29, 1.82) is 0 Å². The van der Waals surface area contributed by atoms with E-state index in [1.165, 1.54) is 22.3 Å². The standard InChI is InChI=1S/C24H35N5O2/c1-15-11-22(31-7)17(3)16(2)20(15)14-28(6)13-19-12-23(25-5)27-24(26-19)21-9-8-10-29(21)18(4)30/h11-12,21H,8-10,13-14H2,1-7H3,(H,25,26,27)/t21-/m1/s1. The Morgan fingerprint density at radius 1 is 1.23 bits per heavy atom. The first-order valence-corrected chi connectivity index (χ1v) is 10.9. The maximum atomic E-state index is 12.0. The number of carbonyl (C=O) groups is 1. The van der Waals surface area contributed by atoms with Crippen LogP contribution in [0.5, 0.6) is 5.75 Å². The number of aromatic nitrogens is 2. The van der Waals surface area contributed by atoms with Crippen molar-refractivity contribution in [3.05, 3.63) is 45.9 Å². The van der Waals surface area contributed by atoms with Crippen LogP contribution < -0.4 is 10.1 Å². The van der Waals surface area contributed by atoms with Crippen LogP contribution in [-0.4, -0.2) is 53.4 Å². The molecule has 1 amide bonds. The quantitative estimate of drug-likeness (QED) is 0.728. The fraction of sp³-hybridized carbons (Fsp3) is 0.542. The molecule has 7 nitrogen and oxygen atoms in total. The molecule has 1 aliphatic rings. The molecule has 1 saturated heterocycles. The molecular weight excluding hydrogens is 390 g/mol. The number of ether oxygens (including phenoxy) is 1. The van der Waals surface area contributed by atoms with E-state index in [1.54, 1.807) is 14.0 Å². The molecule has 31 heavy (non-hydrogen) atoms. The monoisotopic (exact) mass is 425 g/mol. The lowest BCUT2D eigenvalue weighted by Crippen LogP contribution is -2.29. The normalized spacial score (nSPS) is 16.1. The first-order valence-electron chi connectivity index (χ1n) is 10.9. The number of anilines is 1. The number of aryl methyl sites for hydroxylation is 1. The molecule has 0 bridgehead atoms. The maximum Gasteiger partial charge on any atom is 0.220 e. The third-order valence-corrected chi connectivity index (χ3v) is 6.30. The number of benzene rings is 1. The fourth-order valence-electron chi connectivity index (χ4n) is 4.44. The van der Waals surface area contributed by atoms with Crippen LogP contribution in [0.2, 0.25) is 0 Å². The topological polar surface area (TPSA) is 70.6 Å². The van der Waals surface area contributed by atoms with Crippen molar-refractivity contribution in [2.75, 3.05) is 33.1 Å². The van der Waals surface area contributed by atoms with Crippen molar-refractivity contribution in [3.63, 3.8) is 0 Å². The van der Waals surface area contributed by atoms with Crippen LogP contribution >= 0.6 is 0 Å². The van der Waals surface area contributed by atoms with Crippen LogP contribution in [0.15, 0.2) is 12.1 Å². The van der Waals surface area contributed by atoms with Crippen molar-refractivity contribution >= 4 is 11.7 Å². The highest BCUT2D eigenvalue weighted by Gasteiger charge is 2.30. The molecule has 2 aromatic rings. The molecule has 168 valence electrons. The van der Waals surface area contributed by atoms with Gasteiger partial charge in [-0.3, -0.25) is 9.69 Å². The van der Waals surface area contributed by atoms with Gasteiger partial charge in [0.05, 0.1) is 18.8 Å². The average molecular weight is 426 g/mol. The van der Waals surface area contributed by atoms with Crippen LogP contribution in [-0.2, 0) is 17.9 Å². The molecule has 1 atom stereocenters. The SMILES string of the molecule is CNc1cc(CN(C)Cc2c(C)cc(OC)c(C)c2C)nc([C@H]2CCCN2C(C)=O)n1. The molecule has 2 heterocycles. The van der Waals surface area contributed by atoms with Gasteiger partial charge in [-0.1, -0.05) is 0 Å². The summed E-state index contributed by atoms with van der Waals surface area (Å²) in [4.78, 5) is 25.7. The predicted octanol–water partition coefficient (Wildman–Crippen LogP) is 3.77. The fourth-order valence-corrected chi connectivity index (χ4v) is 4.44. The van der Waals surface area contributed by atoms with Gasteiger partial charge in [-0.15, -0.1) is 0 Å². The molecule has 0 radical (unpaired) electrons. The third kappa shape index (κ3) is 4.98. The molecule has 1 aromatic carbocycles. The van der Waals surface area contributed by atoms with Gasteiger partial charge in [0.1, 0.15) is 11.6 Å². The zero-order chi connectivity index (χ0) is 22.7. The zero-order valence-corrected chi connectivity index (χ0v) is 19.9. The van der Waals surface area contributed by atoms with Gasteiger partial charge in [0.15, 0.2) is 5.82 Å². The Morgan fingerprint density at radius 3 is 2.61 bits per heavy atom. The second-order valence-corrected chi connectivity index (χ2v) is 8.52. The number of amides is 1. The Balaban J connectivity index is 1.83. The minimum Gasteiger partial charge on any atom is -0.496 e. The second-order valence-electron chi connectivity index (χ2n) is 8.52. The van der Waals surface area contributed by atoms with E-state index in [1.807, 2.05) is 18.0 Å². The van der Waals surface area contributed by atoms with Gasteiger partial charge in [0.25, 0.3) is 0 Å². The highest BCUT2D eigenvalue weighted by molar-refractivity contribution is 5.74. The van der Waals surface area contributed by atoms with Crippen LogP contribution in [0, 0.1) is 20.8 Å². The molecule has 0 spiro atoms. The van der Waals surface area contributed by atoms with Gasteiger partial charge in [0.2, 0.25) is 5.91 Å². The molecule has 1 aromatic heterocycles. The van der Waals surface area contributed by atoms with E-state index in [0.29, 0.717) is 6.54 Å². The number of likely N-dealkylation sites (tertiary alicyclic amines) is 1. The molecule has 1 N–H and O–H groups in total. The first-order chi connectivity index (χ1) is 14.7. The van der Waals surface area contributed by atoms with Gasteiger partial charge in [-0.05, 0) is 69.0 Å². The van der Waals surface area contributed by atoms with Crippen LogP contribution in [0.25, 0.3) is 0 Å². The number of nitrogens with one attached hydrogen (secondary N) is 1. The Labute approximate surface area is 185 Å². The van der Waals surface area contributed by atoms with Gasteiger partial charge >= 0.3 is 0 Å². The van der Waals surface area contributed by atoms with E-state index in [2.05, 4.69) is 49.1 Å². The minimum atomic E-state index is -0.0383. The number of methoxy groups -OCH3 is 1. The Morgan fingerprint density at radius 2 is 1.97 bits per heavy atom. The van der Waals surface area contributed by atoms with Gasteiger partial charge in [-0.25, -0.2) is 9.97 Å². The molecule has 0 unspecified atom stereocenters. The maximum absolute atomic E-state index is 12.0. The molecule has 0 saturated carbocycles. The number of carbonyl (C=O) groups excluding carboxylic acids is 1. The first kappa shape index (κ1) is 23.0. The Kier molecular flexibility index (Phi) is 7.15. The molecular formula is C24H35N5O2. The summed E-state index contributed by atoms with van der Waals surface area (Å²) in [7, 11) is 5.69. The number of nitrogens with zero attached hydrogens (tertiary/aromatic N) is 4. The highest BCUT2D eigenvalue weighted by Crippen LogP contribution is 2.31. The molecule has 0 aliphatic carbocycles. The summed E-state index contributed by atoms with van der Waals surface area (Å²) >= 11 is 0. The zero-order valence-electron chi connectivity index (χ0n) is 19.9. The van der Waals surface area contributed by atoms with Crippen LogP contribution in [0.1, 0.15) is 59.6 Å². The van der Waals surface area contributed by atoms with Crippen molar-refractivity contribution < 1.29 is 9.53 Å². The lowest BCUT2D eigenvalue weighted by atomic mass is 9.97. The van der Waals surface area contributed by atoms with Crippen molar-refractivity contribution in [2.45, 2.75) is 59.7 Å². The summed E-state index contributed by atoms with van der Waals surface area (Å²) in [5.41, 5.74) is 5.96. The minimum absolute atomic E-state index is 0.0383. The average Bonchev–Trinajstić information content (AvgIpc) is 3.24. The van der Waals surface area contributed by atoms with Crippen LogP contribution in [0.4, 0.5) is 5.82 Å². The van der Waals surface area contributed by atoms with E-state index in [-0.39, 0.29) is 11.9 Å². The molecule has 3 rings (SSSR count). The van der Waals surface area contributed by atoms with Gasteiger partial charge < -0.3 is 15.0 Å². The summed E-state index contributed by atoms with van der Waals surface area (Å²) in [5, 5.41) is 3.15. The van der Waals surface area contributed by atoms with E-state index < -0.39 is 0 Å². The largest absolute Gasteiger partial charge is 0.496 e. The summed E-state index contributed by atoms with van der Waals surface area (Å²) < 4.78 is 5.51. The van der Waals surface area contributed by atoms with E-state index in [0.717, 1.165) is 49.0 Å². The number of hydrogen-bond acceptors (Lipinski definition) is 6. The van der Waals surface area contributed by atoms with Crippen molar-refractivity contribution in [3.8, 4) is 5.75 Å². The summed E-state index contributed by atoms with van der Waals surface area (Å²) in [6.07, 6.45) is 1.90. The van der Waals surface area contributed by atoms with Gasteiger partial charge in [0, 0.05) is 39.7 Å². The summed E-state index contributed by atoms with van der Waals surface area (Å²) in [6, 6.07) is 4.07. The number of rotatable bonds is 7. The molecule has 7 heteroatoms. The Hall–Kier alpha value is -2.67. The third-order valence-electron chi connectivity index (χ3n) is 6.30. The summed E-state index contributed by atoms with van der Waals surface area (Å²) in [6.45, 7) is 10.3. The highest BCUT2D eigenvalue weighted by atomic mass is 16.5. The predicted molar refractivity (Wildman–Crippen MR) is 123 cm³/mol. The lowest BCUT2D eigenvalue weighted by molar-refractivity contribution is -0.129. The smallest absolute Gasteiger partial charge is 0.220 e. The van der Waals surface area contributed by atoms with Crippen LogP contribution in [0.3, 0.4) is 0 Å². The Bertz CT molecular complexity index is 959. The van der Waals surface area contributed by atoms with E-state index in [9.17, 15) is 4.79 Å². The van der Waals surface area contributed by atoms with Gasteiger partial charge in [-0.2, -0.15) is 0 Å². The van der Waals surface area contributed by atoms with E-state index >= 15 is 0 Å². The lowest BCUT2D eigenvalue weighted by Gasteiger charge is -2.24. The molecule has 1 aliphatic heterocycles. The van der Waals surface area contributed by atoms with Crippen molar-refractivity contribution in [1.82, 2.24) is 19.8 Å². The molecule has 1 fully saturated rings. The second kappa shape index (κ2) is 9.64.